The molecule has 4 aromatic rings. The lowest BCUT2D eigenvalue weighted by atomic mass is 10.1. The first kappa shape index (κ1) is 19.1. The van der Waals surface area contributed by atoms with E-state index < -0.39 is 0 Å². The van der Waals surface area contributed by atoms with Gasteiger partial charge in [0.2, 0.25) is 5.91 Å². The Hall–Kier alpha value is -2.92. The maximum absolute atomic E-state index is 13.4. The number of hydrogen-bond acceptors (Lipinski definition) is 3. The molecular weight excluding hydrogens is 390 g/mol. The van der Waals surface area contributed by atoms with Gasteiger partial charge in [-0.15, -0.1) is 11.3 Å². The van der Waals surface area contributed by atoms with Crippen LogP contribution in [0.25, 0.3) is 16.2 Å². The van der Waals surface area contributed by atoms with E-state index in [0.29, 0.717) is 18.9 Å². The molecule has 1 aliphatic carbocycles. The van der Waals surface area contributed by atoms with E-state index in [1.807, 2.05) is 36.4 Å². The molecule has 2 heterocycles. The Balaban J connectivity index is 1.39. The number of rotatable bonds is 7. The molecule has 1 atom stereocenters. The molecule has 1 amide bonds. The van der Waals surface area contributed by atoms with E-state index in [2.05, 4.69) is 52.1 Å². The maximum Gasteiger partial charge on any atom is 0.229 e. The van der Waals surface area contributed by atoms with Gasteiger partial charge in [0, 0.05) is 35.4 Å². The molecule has 0 saturated heterocycles. The zero-order valence-corrected chi connectivity index (χ0v) is 17.9. The van der Waals surface area contributed by atoms with E-state index in [9.17, 15) is 4.79 Å². The smallest absolute Gasteiger partial charge is 0.229 e. The fourth-order valence-corrected chi connectivity index (χ4v) is 4.91. The largest absolute Gasteiger partial charge is 0.335 e. The molecule has 0 spiro atoms. The summed E-state index contributed by atoms with van der Waals surface area (Å²) >= 11 is 1.60. The number of carbonyl (C=O) groups is 1. The van der Waals surface area contributed by atoms with E-state index in [4.69, 9.17) is 4.98 Å². The highest BCUT2D eigenvalue weighted by molar-refractivity contribution is 7.15. The minimum atomic E-state index is 0.188. The summed E-state index contributed by atoms with van der Waals surface area (Å²) in [5.74, 6) is 0.825. The molecule has 2 aromatic carbocycles. The number of thiazole rings is 1. The Morgan fingerprint density at radius 2 is 1.83 bits per heavy atom. The van der Waals surface area contributed by atoms with Gasteiger partial charge in [-0.3, -0.25) is 9.20 Å². The third-order valence-corrected chi connectivity index (χ3v) is 6.89. The van der Waals surface area contributed by atoms with Gasteiger partial charge in [0.1, 0.15) is 0 Å². The standard InChI is InChI=1S/C25H25N3OS/c1-18(20-12-13-20)27(15-19-8-4-2-5-9-19)24(29)14-22-17-30-25-26-23(16-28(22)25)21-10-6-3-7-11-21/h2-11,16-18,20H,12-15H2,1H3. The Labute approximate surface area is 180 Å². The van der Waals surface area contributed by atoms with E-state index in [0.717, 1.165) is 21.9 Å². The zero-order valence-electron chi connectivity index (χ0n) is 17.1. The number of benzene rings is 2. The number of carbonyl (C=O) groups excluding carboxylic acids is 1. The van der Waals surface area contributed by atoms with Crippen LogP contribution in [-0.4, -0.2) is 26.2 Å². The van der Waals surface area contributed by atoms with Gasteiger partial charge < -0.3 is 4.90 Å². The molecule has 2 aromatic heterocycles. The molecule has 0 radical (unpaired) electrons. The highest BCUT2D eigenvalue weighted by atomic mass is 32.1. The molecule has 4 nitrogen and oxygen atoms in total. The van der Waals surface area contributed by atoms with Crippen LogP contribution in [0.3, 0.4) is 0 Å². The topological polar surface area (TPSA) is 37.6 Å². The van der Waals surface area contributed by atoms with Crippen molar-refractivity contribution in [2.45, 2.75) is 38.8 Å². The molecule has 1 saturated carbocycles. The second-order valence-corrected chi connectivity index (χ2v) is 8.97. The number of nitrogens with zero attached hydrogens (tertiary/aromatic N) is 3. The van der Waals surface area contributed by atoms with Crippen molar-refractivity contribution in [2.24, 2.45) is 5.92 Å². The van der Waals surface area contributed by atoms with Crippen LogP contribution in [0.2, 0.25) is 0 Å². The lowest BCUT2D eigenvalue weighted by Gasteiger charge is -2.29. The summed E-state index contributed by atoms with van der Waals surface area (Å²) in [6.07, 6.45) is 4.90. The fourth-order valence-electron chi connectivity index (χ4n) is 4.03. The summed E-state index contributed by atoms with van der Waals surface area (Å²) in [7, 11) is 0. The van der Waals surface area contributed by atoms with Gasteiger partial charge in [-0.05, 0) is 31.2 Å². The van der Waals surface area contributed by atoms with Crippen molar-refractivity contribution < 1.29 is 4.79 Å². The second kappa shape index (κ2) is 8.07. The Morgan fingerprint density at radius 1 is 1.13 bits per heavy atom. The van der Waals surface area contributed by atoms with Crippen molar-refractivity contribution in [2.75, 3.05) is 0 Å². The summed E-state index contributed by atoms with van der Waals surface area (Å²) in [4.78, 5) is 21.2. The van der Waals surface area contributed by atoms with Crippen molar-refractivity contribution in [3.63, 3.8) is 0 Å². The molecule has 5 rings (SSSR count). The van der Waals surface area contributed by atoms with Crippen LogP contribution in [0.15, 0.2) is 72.2 Å². The third kappa shape index (κ3) is 3.90. The van der Waals surface area contributed by atoms with E-state index in [1.54, 1.807) is 11.3 Å². The first-order chi connectivity index (χ1) is 14.7. The monoisotopic (exact) mass is 415 g/mol. The van der Waals surface area contributed by atoms with Crippen LogP contribution < -0.4 is 0 Å². The average molecular weight is 416 g/mol. The summed E-state index contributed by atoms with van der Waals surface area (Å²) in [5, 5.41) is 2.07. The molecule has 152 valence electrons. The minimum absolute atomic E-state index is 0.188. The predicted octanol–water partition coefficient (Wildman–Crippen LogP) is 5.43. The SMILES string of the molecule is CC(C1CC1)N(Cc1ccccc1)C(=O)Cc1csc2nc(-c3ccccc3)cn12. The lowest BCUT2D eigenvalue weighted by Crippen LogP contribution is -2.40. The van der Waals surface area contributed by atoms with Crippen molar-refractivity contribution in [3.8, 4) is 11.3 Å². The number of fused-ring (bicyclic) bond motifs is 1. The Bertz CT molecular complexity index is 1150. The molecule has 1 aliphatic rings. The molecule has 1 unspecified atom stereocenters. The summed E-state index contributed by atoms with van der Waals surface area (Å²) in [5.41, 5.74) is 4.24. The minimum Gasteiger partial charge on any atom is -0.335 e. The van der Waals surface area contributed by atoms with Crippen LogP contribution in [0.4, 0.5) is 0 Å². The quantitative estimate of drug-likeness (QED) is 0.403. The van der Waals surface area contributed by atoms with Crippen molar-refractivity contribution in [1.29, 1.82) is 0 Å². The van der Waals surface area contributed by atoms with Gasteiger partial charge in [-0.25, -0.2) is 4.98 Å². The summed E-state index contributed by atoms with van der Waals surface area (Å²) in [6.45, 7) is 2.87. The van der Waals surface area contributed by atoms with Crippen molar-refractivity contribution in [3.05, 3.63) is 83.5 Å². The normalized spacial score (nSPS) is 14.7. The summed E-state index contributed by atoms with van der Waals surface area (Å²) in [6, 6.07) is 20.8. The second-order valence-electron chi connectivity index (χ2n) is 8.13. The Kier molecular flexibility index (Phi) is 5.13. The van der Waals surface area contributed by atoms with Crippen LogP contribution in [0.5, 0.6) is 0 Å². The number of aromatic nitrogens is 2. The van der Waals surface area contributed by atoms with Crippen molar-refractivity contribution in [1.82, 2.24) is 14.3 Å². The summed E-state index contributed by atoms with van der Waals surface area (Å²) < 4.78 is 2.08. The highest BCUT2D eigenvalue weighted by Gasteiger charge is 2.34. The molecule has 30 heavy (non-hydrogen) atoms. The van der Waals surface area contributed by atoms with E-state index in [-0.39, 0.29) is 11.9 Å². The molecule has 0 N–H and O–H groups in total. The first-order valence-corrected chi connectivity index (χ1v) is 11.4. The van der Waals surface area contributed by atoms with Crippen LogP contribution >= 0.6 is 11.3 Å². The van der Waals surface area contributed by atoms with Gasteiger partial charge in [0.15, 0.2) is 4.96 Å². The van der Waals surface area contributed by atoms with Crippen LogP contribution in [-0.2, 0) is 17.8 Å². The van der Waals surface area contributed by atoms with E-state index in [1.165, 1.54) is 18.4 Å². The van der Waals surface area contributed by atoms with E-state index >= 15 is 0 Å². The number of amides is 1. The number of imidazole rings is 1. The van der Waals surface area contributed by atoms with Crippen molar-refractivity contribution >= 4 is 22.2 Å². The van der Waals surface area contributed by atoms with Crippen LogP contribution in [0, 0.1) is 5.92 Å². The molecule has 0 bridgehead atoms. The van der Waals surface area contributed by atoms with Crippen LogP contribution in [0.1, 0.15) is 31.0 Å². The van der Waals surface area contributed by atoms with Gasteiger partial charge in [0.05, 0.1) is 12.1 Å². The first-order valence-electron chi connectivity index (χ1n) is 10.5. The molecule has 5 heteroatoms. The predicted molar refractivity (Wildman–Crippen MR) is 121 cm³/mol. The van der Waals surface area contributed by atoms with Gasteiger partial charge in [-0.1, -0.05) is 60.7 Å². The molecule has 0 aliphatic heterocycles. The molecule has 1 fully saturated rings. The molecular formula is C25H25N3OS. The lowest BCUT2D eigenvalue weighted by molar-refractivity contribution is -0.133. The van der Waals surface area contributed by atoms with Gasteiger partial charge >= 0.3 is 0 Å². The zero-order chi connectivity index (χ0) is 20.5. The average Bonchev–Trinajstić information content (AvgIpc) is 3.45. The maximum atomic E-state index is 13.4. The Morgan fingerprint density at radius 3 is 2.53 bits per heavy atom. The fraction of sp³-hybridized carbons (Fsp3) is 0.280. The third-order valence-electron chi connectivity index (χ3n) is 6.00. The van der Waals surface area contributed by atoms with Gasteiger partial charge in [0.25, 0.3) is 0 Å². The van der Waals surface area contributed by atoms with Gasteiger partial charge in [-0.2, -0.15) is 0 Å². The number of hydrogen-bond donors (Lipinski definition) is 0. The highest BCUT2D eigenvalue weighted by Crippen LogP contribution is 2.36.